The minimum atomic E-state index is -0.690. The SMILES string of the molecule is O=C(O)CC1CCCN1Cc1ccc(I)cc1. The maximum absolute atomic E-state index is 10.8. The number of rotatable bonds is 4. The lowest BCUT2D eigenvalue weighted by atomic mass is 10.1. The van der Waals surface area contributed by atoms with Crippen molar-refractivity contribution in [3.8, 4) is 0 Å². The molecule has 1 aromatic carbocycles. The summed E-state index contributed by atoms with van der Waals surface area (Å²) in [4.78, 5) is 13.1. The van der Waals surface area contributed by atoms with Crippen molar-refractivity contribution in [3.63, 3.8) is 0 Å². The van der Waals surface area contributed by atoms with Crippen molar-refractivity contribution in [2.24, 2.45) is 0 Å². The predicted molar refractivity (Wildman–Crippen MR) is 74.8 cm³/mol. The molecule has 0 saturated carbocycles. The summed E-state index contributed by atoms with van der Waals surface area (Å²) in [5.74, 6) is -0.690. The van der Waals surface area contributed by atoms with Crippen LogP contribution in [0.25, 0.3) is 0 Å². The molecule has 0 amide bonds. The number of halogens is 1. The first-order chi connectivity index (χ1) is 8.15. The van der Waals surface area contributed by atoms with Crippen LogP contribution in [-0.2, 0) is 11.3 Å². The van der Waals surface area contributed by atoms with Crippen LogP contribution in [0.15, 0.2) is 24.3 Å². The number of carboxylic acid groups (broad SMARTS) is 1. The van der Waals surface area contributed by atoms with E-state index in [0.717, 1.165) is 25.9 Å². The van der Waals surface area contributed by atoms with Crippen LogP contribution < -0.4 is 0 Å². The molecule has 3 nitrogen and oxygen atoms in total. The summed E-state index contributed by atoms with van der Waals surface area (Å²) in [5.41, 5.74) is 1.27. The van der Waals surface area contributed by atoms with Gasteiger partial charge in [-0.1, -0.05) is 12.1 Å². The molecule has 1 atom stereocenters. The average molecular weight is 345 g/mol. The maximum atomic E-state index is 10.8. The first-order valence-corrected chi connectivity index (χ1v) is 6.93. The van der Waals surface area contributed by atoms with Gasteiger partial charge in [-0.15, -0.1) is 0 Å². The van der Waals surface area contributed by atoms with Crippen molar-refractivity contribution in [3.05, 3.63) is 33.4 Å². The van der Waals surface area contributed by atoms with Gasteiger partial charge in [-0.25, -0.2) is 0 Å². The molecule has 1 aromatic rings. The number of likely N-dealkylation sites (tertiary alicyclic amines) is 1. The van der Waals surface area contributed by atoms with E-state index in [1.807, 2.05) is 0 Å². The summed E-state index contributed by atoms with van der Waals surface area (Å²) >= 11 is 2.29. The zero-order valence-corrected chi connectivity index (χ0v) is 11.8. The van der Waals surface area contributed by atoms with Crippen molar-refractivity contribution in [1.29, 1.82) is 0 Å². The lowest BCUT2D eigenvalue weighted by Gasteiger charge is -2.23. The van der Waals surface area contributed by atoms with E-state index in [0.29, 0.717) is 0 Å². The number of hydrogen-bond acceptors (Lipinski definition) is 2. The monoisotopic (exact) mass is 345 g/mol. The van der Waals surface area contributed by atoms with Gasteiger partial charge in [0, 0.05) is 16.2 Å². The highest BCUT2D eigenvalue weighted by Crippen LogP contribution is 2.22. The first-order valence-electron chi connectivity index (χ1n) is 5.85. The lowest BCUT2D eigenvalue weighted by Crippen LogP contribution is -2.30. The van der Waals surface area contributed by atoms with Crippen LogP contribution in [0.5, 0.6) is 0 Å². The number of carbonyl (C=O) groups is 1. The van der Waals surface area contributed by atoms with Crippen molar-refractivity contribution in [2.75, 3.05) is 6.54 Å². The molecule has 1 heterocycles. The molecule has 92 valence electrons. The van der Waals surface area contributed by atoms with E-state index in [1.54, 1.807) is 0 Å². The van der Waals surface area contributed by atoms with Crippen LogP contribution in [0.4, 0.5) is 0 Å². The topological polar surface area (TPSA) is 40.5 Å². The van der Waals surface area contributed by atoms with Gasteiger partial charge in [0.15, 0.2) is 0 Å². The Labute approximate surface area is 115 Å². The third kappa shape index (κ3) is 3.67. The second kappa shape index (κ2) is 5.82. The Morgan fingerprint density at radius 1 is 1.41 bits per heavy atom. The smallest absolute Gasteiger partial charge is 0.304 e. The Balaban J connectivity index is 1.97. The van der Waals surface area contributed by atoms with E-state index in [1.165, 1.54) is 9.13 Å². The molecule has 1 N–H and O–H groups in total. The van der Waals surface area contributed by atoms with Crippen molar-refractivity contribution < 1.29 is 9.90 Å². The zero-order valence-electron chi connectivity index (χ0n) is 9.60. The molecule has 1 fully saturated rings. The normalized spacial score (nSPS) is 20.6. The number of benzene rings is 1. The third-order valence-corrected chi connectivity index (χ3v) is 3.93. The molecule has 1 aliphatic heterocycles. The summed E-state index contributed by atoms with van der Waals surface area (Å²) < 4.78 is 1.23. The predicted octanol–water partition coefficient (Wildman–Crippen LogP) is 2.73. The fourth-order valence-electron chi connectivity index (χ4n) is 2.36. The molecule has 0 radical (unpaired) electrons. The molecule has 0 bridgehead atoms. The molecule has 17 heavy (non-hydrogen) atoms. The van der Waals surface area contributed by atoms with E-state index in [-0.39, 0.29) is 12.5 Å². The van der Waals surface area contributed by atoms with E-state index in [4.69, 9.17) is 5.11 Å². The molecule has 1 saturated heterocycles. The van der Waals surface area contributed by atoms with Crippen LogP contribution in [0.3, 0.4) is 0 Å². The van der Waals surface area contributed by atoms with Crippen LogP contribution in [-0.4, -0.2) is 28.6 Å². The fraction of sp³-hybridized carbons (Fsp3) is 0.462. The van der Waals surface area contributed by atoms with E-state index < -0.39 is 5.97 Å². The van der Waals surface area contributed by atoms with Gasteiger partial charge in [0.2, 0.25) is 0 Å². The average Bonchev–Trinajstić information content (AvgIpc) is 2.68. The number of carboxylic acids is 1. The van der Waals surface area contributed by atoms with Crippen LogP contribution >= 0.6 is 22.6 Å². The molecule has 1 unspecified atom stereocenters. The molecule has 0 aliphatic carbocycles. The highest BCUT2D eigenvalue weighted by atomic mass is 127. The summed E-state index contributed by atoms with van der Waals surface area (Å²) in [7, 11) is 0. The number of aliphatic carboxylic acids is 1. The largest absolute Gasteiger partial charge is 0.481 e. The van der Waals surface area contributed by atoms with Crippen molar-refractivity contribution in [2.45, 2.75) is 31.8 Å². The van der Waals surface area contributed by atoms with Gasteiger partial charge in [0.25, 0.3) is 0 Å². The van der Waals surface area contributed by atoms with Gasteiger partial charge in [-0.3, -0.25) is 9.69 Å². The van der Waals surface area contributed by atoms with E-state index >= 15 is 0 Å². The Kier molecular flexibility index (Phi) is 4.39. The molecule has 4 heteroatoms. The summed E-state index contributed by atoms with van der Waals surface area (Å²) in [6, 6.07) is 8.65. The summed E-state index contributed by atoms with van der Waals surface area (Å²) in [6.07, 6.45) is 2.39. The summed E-state index contributed by atoms with van der Waals surface area (Å²) in [6.45, 7) is 1.89. The van der Waals surface area contributed by atoms with Crippen LogP contribution in [0.2, 0.25) is 0 Å². The highest BCUT2D eigenvalue weighted by Gasteiger charge is 2.26. The van der Waals surface area contributed by atoms with Gasteiger partial charge < -0.3 is 5.11 Å². The Morgan fingerprint density at radius 3 is 2.76 bits per heavy atom. The second-order valence-corrected chi connectivity index (χ2v) is 5.74. The molecular formula is C13H16INO2. The maximum Gasteiger partial charge on any atom is 0.304 e. The minimum Gasteiger partial charge on any atom is -0.481 e. The van der Waals surface area contributed by atoms with Gasteiger partial charge in [-0.2, -0.15) is 0 Å². The minimum absolute atomic E-state index is 0.215. The molecule has 0 spiro atoms. The van der Waals surface area contributed by atoms with Crippen molar-refractivity contribution >= 4 is 28.6 Å². The molecule has 0 aromatic heterocycles. The fourth-order valence-corrected chi connectivity index (χ4v) is 2.72. The standard InChI is InChI=1S/C13H16INO2/c14-11-5-3-10(4-6-11)9-15-7-1-2-12(15)8-13(16)17/h3-6,12H,1-2,7-9H2,(H,16,17). The first kappa shape index (κ1) is 12.8. The third-order valence-electron chi connectivity index (χ3n) is 3.21. The summed E-state index contributed by atoms with van der Waals surface area (Å²) in [5, 5.41) is 8.87. The van der Waals surface area contributed by atoms with Gasteiger partial charge in [-0.05, 0) is 59.7 Å². The Bertz CT molecular complexity index is 391. The molecular weight excluding hydrogens is 329 g/mol. The zero-order chi connectivity index (χ0) is 12.3. The second-order valence-electron chi connectivity index (χ2n) is 4.49. The Morgan fingerprint density at radius 2 is 2.12 bits per heavy atom. The van der Waals surface area contributed by atoms with Crippen LogP contribution in [0.1, 0.15) is 24.8 Å². The Hall–Kier alpha value is -0.620. The van der Waals surface area contributed by atoms with Crippen LogP contribution in [0, 0.1) is 3.57 Å². The van der Waals surface area contributed by atoms with E-state index in [2.05, 4.69) is 51.8 Å². The van der Waals surface area contributed by atoms with Gasteiger partial charge in [0.1, 0.15) is 0 Å². The number of nitrogens with zero attached hydrogens (tertiary/aromatic N) is 1. The van der Waals surface area contributed by atoms with E-state index in [9.17, 15) is 4.79 Å². The van der Waals surface area contributed by atoms with Gasteiger partial charge in [0.05, 0.1) is 6.42 Å². The van der Waals surface area contributed by atoms with Gasteiger partial charge >= 0.3 is 5.97 Å². The number of hydrogen-bond donors (Lipinski definition) is 1. The van der Waals surface area contributed by atoms with Crippen molar-refractivity contribution in [1.82, 2.24) is 4.90 Å². The molecule has 2 rings (SSSR count). The molecule has 1 aliphatic rings. The highest BCUT2D eigenvalue weighted by molar-refractivity contribution is 14.1. The lowest BCUT2D eigenvalue weighted by molar-refractivity contribution is -0.138. The quantitative estimate of drug-likeness (QED) is 0.854.